The van der Waals surface area contributed by atoms with Crippen LogP contribution in [0.2, 0.25) is 0 Å². The van der Waals surface area contributed by atoms with Crippen molar-refractivity contribution in [2.75, 3.05) is 0 Å². The van der Waals surface area contributed by atoms with Crippen LogP contribution in [0.5, 0.6) is 5.75 Å². The van der Waals surface area contributed by atoms with Crippen LogP contribution >= 0.6 is 0 Å². The van der Waals surface area contributed by atoms with Gasteiger partial charge in [0.15, 0.2) is 0 Å². The van der Waals surface area contributed by atoms with Crippen LogP contribution in [0.4, 0.5) is 0 Å². The quantitative estimate of drug-likeness (QED) is 0.908. The van der Waals surface area contributed by atoms with Gasteiger partial charge in [0.05, 0.1) is 24.1 Å². The minimum atomic E-state index is 0.0113. The van der Waals surface area contributed by atoms with Crippen molar-refractivity contribution in [1.29, 1.82) is 0 Å². The van der Waals surface area contributed by atoms with Crippen molar-refractivity contribution >= 4 is 0 Å². The molecule has 0 radical (unpaired) electrons. The Labute approximate surface area is 115 Å². The summed E-state index contributed by atoms with van der Waals surface area (Å²) in [5.41, 5.74) is 6.87. The fourth-order valence-electron chi connectivity index (χ4n) is 2.52. The number of aromatic nitrogens is 1. The fourth-order valence-corrected chi connectivity index (χ4v) is 2.52. The molecule has 0 spiro atoms. The summed E-state index contributed by atoms with van der Waals surface area (Å²) in [5.74, 6) is 0.818. The highest BCUT2D eigenvalue weighted by Gasteiger charge is 2.25. The monoisotopic (exact) mass is 264 g/mol. The number of pyridine rings is 1. The van der Waals surface area contributed by atoms with E-state index in [0.29, 0.717) is 0 Å². The number of hydrogen-bond acceptors (Lipinski definition) is 4. The molecule has 1 aliphatic rings. The summed E-state index contributed by atoms with van der Waals surface area (Å²) < 4.78 is 11.7. The van der Waals surface area contributed by atoms with Gasteiger partial charge in [-0.25, -0.2) is 0 Å². The van der Waals surface area contributed by atoms with Crippen LogP contribution < -0.4 is 10.5 Å². The number of hydrogen-bond donors (Lipinski definition) is 1. The largest absolute Gasteiger partial charge is 0.489 e. The second-order valence-electron chi connectivity index (χ2n) is 5.40. The highest BCUT2D eigenvalue weighted by Crippen LogP contribution is 2.24. The summed E-state index contributed by atoms with van der Waals surface area (Å²) in [4.78, 5) is 4.37. The van der Waals surface area contributed by atoms with Gasteiger partial charge in [-0.05, 0) is 32.4 Å². The maximum atomic E-state index is 5.98. The highest BCUT2D eigenvalue weighted by atomic mass is 16.5. The molecule has 1 aromatic rings. The van der Waals surface area contributed by atoms with Gasteiger partial charge in [0.25, 0.3) is 0 Å². The summed E-state index contributed by atoms with van der Waals surface area (Å²) in [5, 5.41) is 0. The zero-order valence-electron chi connectivity index (χ0n) is 12.0. The summed E-state index contributed by atoms with van der Waals surface area (Å²) in [6.45, 7) is 6.24. The Bertz CT molecular complexity index is 384. The molecule has 2 N–H and O–H groups in total. The van der Waals surface area contributed by atoms with Crippen molar-refractivity contribution in [2.45, 2.75) is 64.4 Å². The number of ether oxygens (including phenoxy) is 2. The zero-order valence-corrected chi connectivity index (χ0v) is 12.0. The SMILES string of the molecule is CCC(N)c1ccc(OC2CC(C)OC(C)C2)cn1. The number of rotatable bonds is 4. The zero-order chi connectivity index (χ0) is 13.8. The van der Waals surface area contributed by atoms with Crippen LogP contribution in [0.3, 0.4) is 0 Å². The Balaban J connectivity index is 1.95. The van der Waals surface area contributed by atoms with Gasteiger partial charge in [0.1, 0.15) is 11.9 Å². The van der Waals surface area contributed by atoms with Crippen molar-refractivity contribution < 1.29 is 9.47 Å². The Morgan fingerprint density at radius 1 is 1.37 bits per heavy atom. The first kappa shape index (κ1) is 14.3. The molecule has 0 bridgehead atoms. The topological polar surface area (TPSA) is 57.4 Å². The van der Waals surface area contributed by atoms with Crippen LogP contribution in [-0.2, 0) is 4.74 Å². The Morgan fingerprint density at radius 2 is 2.05 bits per heavy atom. The molecule has 2 rings (SSSR count). The van der Waals surface area contributed by atoms with Crippen molar-refractivity contribution in [3.63, 3.8) is 0 Å². The summed E-state index contributed by atoms with van der Waals surface area (Å²) >= 11 is 0. The molecule has 0 saturated carbocycles. The molecule has 0 aromatic carbocycles. The lowest BCUT2D eigenvalue weighted by molar-refractivity contribution is -0.0722. The predicted octanol–water partition coefficient (Wildman–Crippen LogP) is 2.83. The summed E-state index contributed by atoms with van der Waals surface area (Å²) in [7, 11) is 0. The molecule has 0 aliphatic carbocycles. The lowest BCUT2D eigenvalue weighted by Gasteiger charge is -2.32. The van der Waals surface area contributed by atoms with E-state index in [9.17, 15) is 0 Å². The van der Waals surface area contributed by atoms with E-state index in [1.807, 2.05) is 12.1 Å². The molecule has 3 unspecified atom stereocenters. The van der Waals surface area contributed by atoms with E-state index < -0.39 is 0 Å². The van der Waals surface area contributed by atoms with Crippen molar-refractivity contribution in [3.05, 3.63) is 24.0 Å². The highest BCUT2D eigenvalue weighted by molar-refractivity contribution is 5.21. The Hall–Kier alpha value is -1.13. The molecule has 2 heterocycles. The number of nitrogens with zero attached hydrogens (tertiary/aromatic N) is 1. The number of nitrogens with two attached hydrogens (primary N) is 1. The lowest BCUT2D eigenvalue weighted by atomic mass is 10.0. The van der Waals surface area contributed by atoms with Gasteiger partial charge in [-0.15, -0.1) is 0 Å². The maximum Gasteiger partial charge on any atom is 0.138 e. The molecule has 4 nitrogen and oxygen atoms in total. The van der Waals surface area contributed by atoms with Gasteiger partial charge in [0.2, 0.25) is 0 Å². The predicted molar refractivity (Wildman–Crippen MR) is 75.1 cm³/mol. The van der Waals surface area contributed by atoms with E-state index in [4.69, 9.17) is 15.2 Å². The average Bonchev–Trinajstić information content (AvgIpc) is 2.37. The van der Waals surface area contributed by atoms with Crippen LogP contribution in [0, 0.1) is 0 Å². The minimum absolute atomic E-state index is 0.0113. The Kier molecular flexibility index (Phi) is 4.77. The van der Waals surface area contributed by atoms with Gasteiger partial charge >= 0.3 is 0 Å². The standard InChI is InChI=1S/C15H24N2O2/c1-4-14(16)15-6-5-12(9-17-15)19-13-7-10(2)18-11(3)8-13/h5-6,9-11,13-14H,4,7-8,16H2,1-3H3. The van der Waals surface area contributed by atoms with Crippen molar-refractivity contribution in [2.24, 2.45) is 5.73 Å². The summed E-state index contributed by atoms with van der Waals surface area (Å²) in [6.07, 6.45) is 5.26. The average molecular weight is 264 g/mol. The van der Waals surface area contributed by atoms with Gasteiger partial charge in [0, 0.05) is 18.9 Å². The molecule has 1 aromatic heterocycles. The minimum Gasteiger partial charge on any atom is -0.489 e. The Morgan fingerprint density at radius 3 is 2.58 bits per heavy atom. The molecule has 19 heavy (non-hydrogen) atoms. The summed E-state index contributed by atoms with van der Waals surface area (Å²) in [6, 6.07) is 3.93. The molecule has 3 atom stereocenters. The van der Waals surface area contributed by atoms with E-state index in [1.54, 1.807) is 6.20 Å². The van der Waals surface area contributed by atoms with Gasteiger partial charge < -0.3 is 15.2 Å². The second kappa shape index (κ2) is 6.35. The van der Waals surface area contributed by atoms with Gasteiger partial charge in [-0.2, -0.15) is 0 Å². The van der Waals surface area contributed by atoms with Crippen molar-refractivity contribution in [1.82, 2.24) is 4.98 Å². The fraction of sp³-hybridized carbons (Fsp3) is 0.667. The van der Waals surface area contributed by atoms with E-state index in [2.05, 4.69) is 25.8 Å². The van der Waals surface area contributed by atoms with Crippen LogP contribution in [0.15, 0.2) is 18.3 Å². The first-order chi connectivity index (χ1) is 9.08. The molecular formula is C15H24N2O2. The molecule has 1 saturated heterocycles. The van der Waals surface area contributed by atoms with Crippen LogP contribution in [-0.4, -0.2) is 23.3 Å². The molecule has 4 heteroatoms. The molecule has 1 fully saturated rings. The molecule has 106 valence electrons. The van der Waals surface area contributed by atoms with E-state index in [-0.39, 0.29) is 24.4 Å². The van der Waals surface area contributed by atoms with Crippen LogP contribution in [0.1, 0.15) is 51.8 Å². The second-order valence-corrected chi connectivity index (χ2v) is 5.40. The third-order valence-electron chi connectivity index (χ3n) is 3.54. The lowest BCUT2D eigenvalue weighted by Crippen LogP contribution is -2.35. The normalized spacial score (nSPS) is 28.9. The van der Waals surface area contributed by atoms with E-state index in [0.717, 1.165) is 30.7 Å². The molecule has 1 aliphatic heterocycles. The first-order valence-corrected chi connectivity index (χ1v) is 7.12. The van der Waals surface area contributed by atoms with E-state index in [1.165, 1.54) is 0 Å². The maximum absolute atomic E-state index is 5.98. The molecule has 0 amide bonds. The van der Waals surface area contributed by atoms with E-state index >= 15 is 0 Å². The molecular weight excluding hydrogens is 240 g/mol. The van der Waals surface area contributed by atoms with Gasteiger partial charge in [-0.3, -0.25) is 4.98 Å². The van der Waals surface area contributed by atoms with Crippen LogP contribution in [0.25, 0.3) is 0 Å². The third kappa shape index (κ3) is 3.91. The van der Waals surface area contributed by atoms with Gasteiger partial charge in [-0.1, -0.05) is 6.92 Å². The third-order valence-corrected chi connectivity index (χ3v) is 3.54. The smallest absolute Gasteiger partial charge is 0.138 e. The first-order valence-electron chi connectivity index (χ1n) is 7.12. The van der Waals surface area contributed by atoms with Crippen molar-refractivity contribution in [3.8, 4) is 5.75 Å².